The van der Waals surface area contributed by atoms with Gasteiger partial charge < -0.3 is 26.2 Å². The number of nitrogen functional groups attached to an aromatic ring is 1. The number of pyridine rings is 1. The number of aromatic nitrogens is 1. The summed E-state index contributed by atoms with van der Waals surface area (Å²) in [5, 5.41) is 6.62. The number of sulfone groups is 1. The van der Waals surface area contributed by atoms with Crippen molar-refractivity contribution in [1.29, 1.82) is 0 Å². The van der Waals surface area contributed by atoms with Crippen LogP contribution in [0.1, 0.15) is 54.8 Å². The van der Waals surface area contributed by atoms with Gasteiger partial charge in [-0.2, -0.15) is 0 Å². The molecule has 4 aromatic rings. The van der Waals surface area contributed by atoms with Crippen LogP contribution < -0.4 is 16.4 Å². The summed E-state index contributed by atoms with van der Waals surface area (Å²) >= 11 is 0. The first-order valence-corrected chi connectivity index (χ1v) is 18.0. The molecule has 4 bridgehead atoms. The van der Waals surface area contributed by atoms with Crippen molar-refractivity contribution in [3.63, 3.8) is 0 Å². The van der Waals surface area contributed by atoms with Crippen LogP contribution in [0.2, 0.25) is 0 Å². The van der Waals surface area contributed by atoms with Gasteiger partial charge in [-0.3, -0.25) is 4.79 Å². The zero-order chi connectivity index (χ0) is 33.6. The van der Waals surface area contributed by atoms with Crippen molar-refractivity contribution in [1.82, 2.24) is 14.8 Å². The number of halogens is 1. The number of amides is 3. The van der Waals surface area contributed by atoms with Crippen LogP contribution in [0.4, 0.5) is 26.4 Å². The topological polar surface area (TPSA) is 138 Å². The van der Waals surface area contributed by atoms with E-state index < -0.39 is 26.9 Å². The lowest BCUT2D eigenvalue weighted by Crippen LogP contribution is -2.41. The predicted molar refractivity (Wildman–Crippen MR) is 184 cm³/mol. The summed E-state index contributed by atoms with van der Waals surface area (Å²) in [7, 11) is -1.98. The minimum absolute atomic E-state index is 0.0119. The Morgan fingerprint density at radius 2 is 1.83 bits per heavy atom. The third-order valence-corrected chi connectivity index (χ3v) is 12.1. The number of anilines is 3. The number of urea groups is 1. The highest BCUT2D eigenvalue weighted by molar-refractivity contribution is 7.92. The van der Waals surface area contributed by atoms with E-state index in [0.29, 0.717) is 66.2 Å². The molecule has 2 saturated carbocycles. The number of benzene rings is 3. The van der Waals surface area contributed by atoms with Crippen LogP contribution in [0.25, 0.3) is 10.8 Å². The summed E-state index contributed by atoms with van der Waals surface area (Å²) in [5.41, 5.74) is 9.04. The molecule has 2 fully saturated rings. The molecule has 48 heavy (non-hydrogen) atoms. The van der Waals surface area contributed by atoms with Gasteiger partial charge >= 0.3 is 6.03 Å². The molecular formula is C36H39FN6O4S. The number of nitrogens with two attached hydrogens (primary N) is 1. The van der Waals surface area contributed by atoms with Crippen molar-refractivity contribution in [2.24, 2.45) is 5.92 Å². The molecule has 2 heterocycles. The van der Waals surface area contributed by atoms with Crippen molar-refractivity contribution < 1.29 is 22.4 Å². The van der Waals surface area contributed by atoms with Crippen molar-refractivity contribution >= 4 is 49.7 Å². The van der Waals surface area contributed by atoms with E-state index in [9.17, 15) is 22.4 Å². The van der Waals surface area contributed by atoms with Crippen LogP contribution in [0, 0.1) is 11.7 Å². The minimum atomic E-state index is -3.61. The first kappa shape index (κ1) is 31.9. The molecule has 4 N–H and O–H groups in total. The molecule has 3 amide bonds. The molecule has 1 aliphatic heterocycles. The number of hydrogen-bond donors (Lipinski definition) is 3. The quantitative estimate of drug-likeness (QED) is 0.233. The molecule has 10 nitrogen and oxygen atoms in total. The first-order valence-electron chi connectivity index (χ1n) is 16.4. The standard InChI is InChI=1S/C36H39FN6O4S/c1-42-21-25-17-26(9-13-32(25)48(46,47)28-10-11-28)41-36(45)43(20-23-5-2-6-23)15-14-22-4-3-7-24(16-22)33(35(42)44)40-27-8-12-29-30(18-27)31(37)19-39-34(29)38/h3-4,7-9,12-13,16-19,23,28,33,40H,2,5-6,10-11,14-15,20-21H2,1H3,(H2,38,39)(H,41,45). The Kier molecular flexibility index (Phi) is 8.44. The number of rotatable bonds is 6. The molecule has 1 atom stereocenters. The minimum Gasteiger partial charge on any atom is -0.383 e. The highest BCUT2D eigenvalue weighted by atomic mass is 32.2. The Labute approximate surface area is 279 Å². The van der Waals surface area contributed by atoms with E-state index in [1.807, 2.05) is 29.2 Å². The number of nitrogens with one attached hydrogen (secondary N) is 2. The zero-order valence-electron chi connectivity index (χ0n) is 26.8. The highest BCUT2D eigenvalue weighted by Gasteiger charge is 2.38. The van der Waals surface area contributed by atoms with E-state index in [0.717, 1.165) is 31.0 Å². The van der Waals surface area contributed by atoms with E-state index in [4.69, 9.17) is 5.73 Å². The first-order chi connectivity index (χ1) is 23.1. The third kappa shape index (κ3) is 6.41. The molecule has 0 saturated heterocycles. The lowest BCUT2D eigenvalue weighted by Gasteiger charge is -2.32. The van der Waals surface area contributed by atoms with Crippen LogP contribution in [0.5, 0.6) is 0 Å². The maximum Gasteiger partial charge on any atom is 0.321 e. The van der Waals surface area contributed by atoms with Gasteiger partial charge in [-0.25, -0.2) is 22.6 Å². The fraction of sp³-hybridized carbons (Fsp3) is 0.361. The summed E-state index contributed by atoms with van der Waals surface area (Å²) < 4.78 is 41.8. The van der Waals surface area contributed by atoms with E-state index in [1.54, 1.807) is 43.4 Å². The van der Waals surface area contributed by atoms with Crippen molar-refractivity contribution in [3.8, 4) is 0 Å². The predicted octanol–water partition coefficient (Wildman–Crippen LogP) is 5.89. The zero-order valence-corrected chi connectivity index (χ0v) is 27.6. The molecule has 3 aliphatic rings. The van der Waals surface area contributed by atoms with Gasteiger partial charge in [-0.05, 0) is 91.1 Å². The molecular weight excluding hydrogens is 631 g/mol. The maximum absolute atomic E-state index is 14.8. The Hall–Kier alpha value is -4.71. The largest absolute Gasteiger partial charge is 0.383 e. The highest BCUT2D eigenvalue weighted by Crippen LogP contribution is 2.37. The number of carbonyl (C=O) groups excluding carboxylic acids is 2. The van der Waals surface area contributed by atoms with Crippen LogP contribution in [-0.4, -0.2) is 60.5 Å². The van der Waals surface area contributed by atoms with Gasteiger partial charge in [0.1, 0.15) is 17.7 Å². The second kappa shape index (κ2) is 12.7. The Balaban J connectivity index is 1.30. The number of hydrogen-bond acceptors (Lipinski definition) is 7. The molecule has 0 radical (unpaired) electrons. The molecule has 2 aliphatic carbocycles. The lowest BCUT2D eigenvalue weighted by atomic mass is 9.85. The fourth-order valence-corrected chi connectivity index (χ4v) is 8.46. The molecule has 12 heteroatoms. The van der Waals surface area contributed by atoms with Crippen LogP contribution >= 0.6 is 0 Å². The Bertz CT molecular complexity index is 2010. The average Bonchev–Trinajstić information content (AvgIpc) is 3.91. The van der Waals surface area contributed by atoms with Crippen molar-refractivity contribution in [2.75, 3.05) is 36.5 Å². The summed E-state index contributed by atoms with van der Waals surface area (Å²) in [6.07, 6.45) is 6.17. The van der Waals surface area contributed by atoms with Gasteiger partial charge in [0.25, 0.3) is 0 Å². The number of carbonyl (C=O) groups is 2. The molecule has 1 unspecified atom stereocenters. The lowest BCUT2D eigenvalue weighted by molar-refractivity contribution is -0.131. The van der Waals surface area contributed by atoms with Crippen LogP contribution in [0.3, 0.4) is 0 Å². The number of likely N-dealkylation sites (N-methyl/N-ethyl adjacent to an activating group) is 1. The molecule has 7 rings (SSSR count). The van der Waals surface area contributed by atoms with Gasteiger partial charge in [0.05, 0.1) is 16.3 Å². The Morgan fingerprint density at radius 1 is 1.02 bits per heavy atom. The summed E-state index contributed by atoms with van der Waals surface area (Å²) in [5.74, 6) is -0.195. The molecule has 0 spiro atoms. The smallest absolute Gasteiger partial charge is 0.321 e. The fourth-order valence-electron chi connectivity index (χ4n) is 6.60. The monoisotopic (exact) mass is 670 g/mol. The second-order valence-corrected chi connectivity index (χ2v) is 15.5. The van der Waals surface area contributed by atoms with Gasteiger partial charge in [0.15, 0.2) is 9.84 Å². The molecule has 1 aromatic heterocycles. The van der Waals surface area contributed by atoms with Crippen molar-refractivity contribution in [2.45, 2.75) is 61.3 Å². The van der Waals surface area contributed by atoms with Gasteiger partial charge in [-0.15, -0.1) is 0 Å². The van der Waals surface area contributed by atoms with Crippen LogP contribution in [-0.2, 0) is 27.6 Å². The maximum atomic E-state index is 14.8. The number of fused-ring (bicyclic) bond motifs is 5. The summed E-state index contributed by atoms with van der Waals surface area (Å²) in [6.45, 7) is 1.09. The van der Waals surface area contributed by atoms with E-state index in [-0.39, 0.29) is 34.6 Å². The van der Waals surface area contributed by atoms with E-state index >= 15 is 0 Å². The number of nitrogens with zero attached hydrogens (tertiary/aromatic N) is 3. The van der Waals surface area contributed by atoms with Gasteiger partial charge in [0, 0.05) is 48.8 Å². The van der Waals surface area contributed by atoms with Gasteiger partial charge in [-0.1, -0.05) is 30.7 Å². The SMILES string of the molecule is CN1Cc2cc(ccc2S(=O)(=O)C2CC2)NC(=O)N(CC2CCC2)CCc2cccc(c2)C(Nc2ccc3c(N)ncc(F)c3c2)C1=O. The molecule has 3 aromatic carbocycles. The van der Waals surface area contributed by atoms with Crippen LogP contribution in [0.15, 0.2) is 71.8 Å². The normalized spacial score (nSPS) is 19.3. The average molecular weight is 671 g/mol. The summed E-state index contributed by atoms with van der Waals surface area (Å²) in [6, 6.07) is 16.4. The van der Waals surface area contributed by atoms with E-state index in [1.165, 1.54) is 4.90 Å². The third-order valence-electron chi connectivity index (χ3n) is 9.74. The van der Waals surface area contributed by atoms with E-state index in [2.05, 4.69) is 15.6 Å². The Morgan fingerprint density at radius 3 is 2.58 bits per heavy atom. The molecule has 250 valence electrons. The van der Waals surface area contributed by atoms with Gasteiger partial charge in [0.2, 0.25) is 5.91 Å². The second-order valence-electron chi connectivity index (χ2n) is 13.3. The summed E-state index contributed by atoms with van der Waals surface area (Å²) in [4.78, 5) is 35.4. The van der Waals surface area contributed by atoms with Crippen molar-refractivity contribution in [3.05, 3.63) is 89.4 Å².